The number of anilines is 1. The third-order valence-corrected chi connectivity index (χ3v) is 4.87. The molecule has 0 aliphatic carbocycles. The first-order valence-corrected chi connectivity index (χ1v) is 8.79. The van der Waals surface area contributed by atoms with Crippen LogP contribution in [0.3, 0.4) is 0 Å². The summed E-state index contributed by atoms with van der Waals surface area (Å²) in [4.78, 5) is 29.9. The second-order valence-corrected chi connectivity index (χ2v) is 6.40. The molecule has 2 heterocycles. The van der Waals surface area contributed by atoms with E-state index < -0.39 is 0 Å². The molecule has 1 saturated heterocycles. The number of carbonyl (C=O) groups excluding carboxylic acids is 2. The largest absolute Gasteiger partial charge is 0.496 e. The van der Waals surface area contributed by atoms with Gasteiger partial charge in [-0.3, -0.25) is 9.59 Å². The van der Waals surface area contributed by atoms with Gasteiger partial charge in [-0.05, 0) is 31.0 Å². The van der Waals surface area contributed by atoms with Crippen molar-refractivity contribution in [3.8, 4) is 5.75 Å². The standard InChI is InChI=1S/C21H20N2O3/c1-26-17-12-6-5-11-16(17)18-19(22-13-7-8-14-22)21(25)23(20(18)24)15-9-3-2-4-10-15/h2-6,9-12H,7-8,13-14H2,1H3. The number of para-hydroxylation sites is 2. The number of likely N-dealkylation sites (tertiary alicyclic amines) is 1. The third-order valence-electron chi connectivity index (χ3n) is 4.87. The van der Waals surface area contributed by atoms with Gasteiger partial charge >= 0.3 is 0 Å². The maximum Gasteiger partial charge on any atom is 0.282 e. The van der Waals surface area contributed by atoms with Gasteiger partial charge < -0.3 is 9.64 Å². The van der Waals surface area contributed by atoms with Gasteiger partial charge in [0.15, 0.2) is 0 Å². The molecule has 0 atom stereocenters. The summed E-state index contributed by atoms with van der Waals surface area (Å²) in [6.45, 7) is 1.57. The van der Waals surface area contributed by atoms with Crippen LogP contribution < -0.4 is 9.64 Å². The maximum absolute atomic E-state index is 13.3. The van der Waals surface area contributed by atoms with Crippen molar-refractivity contribution in [2.75, 3.05) is 25.1 Å². The number of nitrogens with zero attached hydrogens (tertiary/aromatic N) is 2. The fourth-order valence-corrected chi connectivity index (χ4v) is 3.66. The van der Waals surface area contributed by atoms with Gasteiger partial charge in [0.1, 0.15) is 11.4 Å². The lowest BCUT2D eigenvalue weighted by molar-refractivity contribution is -0.120. The molecule has 0 saturated carbocycles. The Bertz CT molecular complexity index is 883. The molecule has 5 nitrogen and oxygen atoms in total. The minimum Gasteiger partial charge on any atom is -0.496 e. The lowest BCUT2D eigenvalue weighted by Crippen LogP contribution is -2.34. The van der Waals surface area contributed by atoms with Crippen LogP contribution in [0.4, 0.5) is 5.69 Å². The maximum atomic E-state index is 13.3. The Morgan fingerprint density at radius 1 is 0.846 bits per heavy atom. The number of amides is 2. The van der Waals surface area contributed by atoms with Crippen molar-refractivity contribution < 1.29 is 14.3 Å². The van der Waals surface area contributed by atoms with Crippen LogP contribution >= 0.6 is 0 Å². The number of carbonyl (C=O) groups is 2. The topological polar surface area (TPSA) is 49.9 Å². The summed E-state index contributed by atoms with van der Waals surface area (Å²) >= 11 is 0. The zero-order valence-electron chi connectivity index (χ0n) is 14.6. The Balaban J connectivity index is 1.88. The van der Waals surface area contributed by atoms with Crippen molar-refractivity contribution in [1.29, 1.82) is 0 Å². The van der Waals surface area contributed by atoms with Crippen molar-refractivity contribution >= 4 is 23.1 Å². The Kier molecular flexibility index (Phi) is 4.21. The monoisotopic (exact) mass is 348 g/mol. The van der Waals surface area contributed by atoms with Crippen LogP contribution in [0, 0.1) is 0 Å². The quantitative estimate of drug-likeness (QED) is 0.797. The Hall–Kier alpha value is -3.08. The zero-order valence-corrected chi connectivity index (χ0v) is 14.6. The summed E-state index contributed by atoms with van der Waals surface area (Å²) in [5.74, 6) is 0.0341. The van der Waals surface area contributed by atoms with Gasteiger partial charge in [-0.2, -0.15) is 0 Å². The molecule has 132 valence electrons. The SMILES string of the molecule is COc1ccccc1C1=C(N2CCCC2)C(=O)N(c2ccccc2)C1=O. The third kappa shape index (κ3) is 2.56. The number of hydrogen-bond donors (Lipinski definition) is 0. The highest BCUT2D eigenvalue weighted by molar-refractivity contribution is 6.45. The first-order chi connectivity index (χ1) is 12.7. The van der Waals surface area contributed by atoms with Crippen molar-refractivity contribution in [3.63, 3.8) is 0 Å². The van der Waals surface area contributed by atoms with Crippen molar-refractivity contribution in [1.82, 2.24) is 4.90 Å². The van der Waals surface area contributed by atoms with Crippen LogP contribution in [0.1, 0.15) is 18.4 Å². The van der Waals surface area contributed by atoms with Gasteiger partial charge in [0.2, 0.25) is 0 Å². The molecule has 4 rings (SSSR count). The summed E-state index contributed by atoms with van der Waals surface area (Å²) in [5.41, 5.74) is 2.16. The van der Waals surface area contributed by atoms with E-state index in [9.17, 15) is 9.59 Å². The van der Waals surface area contributed by atoms with Crippen LogP contribution in [-0.2, 0) is 9.59 Å². The molecule has 2 amide bonds. The summed E-state index contributed by atoms with van der Waals surface area (Å²) in [5, 5.41) is 0. The van der Waals surface area contributed by atoms with Gasteiger partial charge in [0, 0.05) is 18.7 Å². The molecule has 5 heteroatoms. The van der Waals surface area contributed by atoms with E-state index in [1.165, 1.54) is 4.90 Å². The lowest BCUT2D eigenvalue weighted by atomic mass is 10.0. The molecule has 2 aromatic rings. The van der Waals surface area contributed by atoms with Crippen LogP contribution in [0.2, 0.25) is 0 Å². The molecule has 2 aliphatic rings. The molecule has 1 fully saturated rings. The number of methoxy groups -OCH3 is 1. The minimum absolute atomic E-state index is 0.260. The zero-order chi connectivity index (χ0) is 18.1. The molecule has 0 radical (unpaired) electrons. The first kappa shape index (κ1) is 16.4. The predicted octanol–water partition coefficient (Wildman–Crippen LogP) is 3.08. The highest BCUT2D eigenvalue weighted by atomic mass is 16.5. The molecule has 0 N–H and O–H groups in total. The number of hydrogen-bond acceptors (Lipinski definition) is 4. The summed E-state index contributed by atoms with van der Waals surface area (Å²) in [6, 6.07) is 16.4. The van der Waals surface area contributed by atoms with E-state index in [1.54, 1.807) is 19.2 Å². The normalized spacial score (nSPS) is 17.4. The van der Waals surface area contributed by atoms with E-state index in [4.69, 9.17) is 4.74 Å². The number of imide groups is 1. The lowest BCUT2D eigenvalue weighted by Gasteiger charge is -2.20. The van der Waals surface area contributed by atoms with Gasteiger partial charge in [-0.1, -0.05) is 36.4 Å². The summed E-state index contributed by atoms with van der Waals surface area (Å²) in [6.07, 6.45) is 2.05. The molecule has 2 aliphatic heterocycles. The van der Waals surface area contributed by atoms with E-state index in [1.807, 2.05) is 47.4 Å². The van der Waals surface area contributed by atoms with Gasteiger partial charge in [0.05, 0.1) is 18.4 Å². The van der Waals surface area contributed by atoms with E-state index in [0.29, 0.717) is 28.3 Å². The summed E-state index contributed by atoms with van der Waals surface area (Å²) < 4.78 is 5.46. The van der Waals surface area contributed by atoms with E-state index in [2.05, 4.69) is 0 Å². The van der Waals surface area contributed by atoms with Crippen molar-refractivity contribution in [3.05, 3.63) is 65.9 Å². The van der Waals surface area contributed by atoms with Gasteiger partial charge in [-0.25, -0.2) is 4.90 Å². The molecule has 0 aromatic heterocycles. The average molecular weight is 348 g/mol. The molecular weight excluding hydrogens is 328 g/mol. The van der Waals surface area contributed by atoms with Gasteiger partial charge in [-0.15, -0.1) is 0 Å². The second kappa shape index (κ2) is 6.67. The Labute approximate surface area is 152 Å². The number of ether oxygens (including phenoxy) is 1. The smallest absolute Gasteiger partial charge is 0.282 e. The number of benzene rings is 2. The number of rotatable bonds is 4. The minimum atomic E-state index is -0.299. The van der Waals surface area contributed by atoms with Gasteiger partial charge in [0.25, 0.3) is 11.8 Å². The fraction of sp³-hybridized carbons (Fsp3) is 0.238. The second-order valence-electron chi connectivity index (χ2n) is 6.40. The highest BCUT2D eigenvalue weighted by Crippen LogP contribution is 2.38. The fourth-order valence-electron chi connectivity index (χ4n) is 3.66. The molecule has 2 aromatic carbocycles. The first-order valence-electron chi connectivity index (χ1n) is 8.79. The van der Waals surface area contributed by atoms with Crippen LogP contribution in [-0.4, -0.2) is 36.9 Å². The Morgan fingerprint density at radius 2 is 1.50 bits per heavy atom. The predicted molar refractivity (Wildman–Crippen MR) is 99.7 cm³/mol. The molecule has 0 unspecified atom stereocenters. The summed E-state index contributed by atoms with van der Waals surface area (Å²) in [7, 11) is 1.57. The highest BCUT2D eigenvalue weighted by Gasteiger charge is 2.43. The van der Waals surface area contributed by atoms with E-state index >= 15 is 0 Å². The Morgan fingerprint density at radius 3 is 2.19 bits per heavy atom. The molecule has 26 heavy (non-hydrogen) atoms. The van der Waals surface area contributed by atoms with E-state index in [-0.39, 0.29) is 11.8 Å². The van der Waals surface area contributed by atoms with Crippen LogP contribution in [0.5, 0.6) is 5.75 Å². The van der Waals surface area contributed by atoms with Crippen LogP contribution in [0.25, 0.3) is 5.57 Å². The molecule has 0 bridgehead atoms. The molecule has 0 spiro atoms. The van der Waals surface area contributed by atoms with Crippen LogP contribution in [0.15, 0.2) is 60.3 Å². The average Bonchev–Trinajstić information content (AvgIpc) is 3.28. The van der Waals surface area contributed by atoms with Crippen molar-refractivity contribution in [2.24, 2.45) is 0 Å². The van der Waals surface area contributed by atoms with E-state index in [0.717, 1.165) is 25.9 Å². The molecular formula is C21H20N2O3. The van der Waals surface area contributed by atoms with Crippen molar-refractivity contribution in [2.45, 2.75) is 12.8 Å².